The van der Waals surface area contributed by atoms with Gasteiger partial charge in [-0.05, 0) is 56.4 Å². The Bertz CT molecular complexity index is 857. The van der Waals surface area contributed by atoms with E-state index < -0.39 is 35.8 Å². The van der Waals surface area contributed by atoms with E-state index in [9.17, 15) is 27.2 Å². The zero-order chi connectivity index (χ0) is 21.6. The van der Waals surface area contributed by atoms with Gasteiger partial charge in [-0.15, -0.1) is 13.2 Å². The summed E-state index contributed by atoms with van der Waals surface area (Å²) in [6.45, 7) is 1.43. The number of alkyl halides is 3. The number of carbonyl (C=O) groups is 2. The SMILES string of the molecule is C[C@H](C(=O)Nc1ccc(OC(F)(F)F)cc1)N(C)CC(=O)Nc1cccc(F)c1. The fraction of sp³-hybridized carbons (Fsp3) is 0.263. The highest BCUT2D eigenvalue weighted by Crippen LogP contribution is 2.24. The number of nitrogens with one attached hydrogen (secondary N) is 2. The maximum absolute atomic E-state index is 13.1. The summed E-state index contributed by atoms with van der Waals surface area (Å²) < 4.78 is 53.4. The minimum atomic E-state index is -4.80. The number of ether oxygens (including phenoxy) is 1. The minimum absolute atomic E-state index is 0.135. The van der Waals surface area contributed by atoms with Gasteiger partial charge < -0.3 is 15.4 Å². The summed E-state index contributed by atoms with van der Waals surface area (Å²) in [5.41, 5.74) is 0.565. The number of likely N-dealkylation sites (N-methyl/N-ethyl adjacent to an activating group) is 1. The Labute approximate surface area is 164 Å². The molecule has 0 saturated heterocycles. The standard InChI is InChI=1S/C19H19F4N3O3/c1-12(26(2)11-17(27)24-15-5-3-4-13(20)10-15)18(28)25-14-6-8-16(9-7-14)29-19(21,22)23/h3-10,12H,11H2,1-2H3,(H,24,27)(H,25,28)/t12-/m1/s1. The number of hydrogen-bond donors (Lipinski definition) is 2. The summed E-state index contributed by atoms with van der Waals surface area (Å²) in [5, 5.41) is 5.07. The van der Waals surface area contributed by atoms with E-state index in [1.165, 1.54) is 41.3 Å². The molecule has 2 aromatic carbocycles. The highest BCUT2D eigenvalue weighted by atomic mass is 19.4. The number of rotatable bonds is 7. The first-order chi connectivity index (χ1) is 13.5. The van der Waals surface area contributed by atoms with Gasteiger partial charge in [0.1, 0.15) is 11.6 Å². The normalized spacial score (nSPS) is 12.4. The molecule has 2 rings (SSSR count). The largest absolute Gasteiger partial charge is 0.573 e. The molecule has 2 amide bonds. The molecule has 10 heteroatoms. The number of nitrogens with zero attached hydrogens (tertiary/aromatic N) is 1. The van der Waals surface area contributed by atoms with Gasteiger partial charge in [0.05, 0.1) is 12.6 Å². The third-order valence-electron chi connectivity index (χ3n) is 3.90. The first-order valence-electron chi connectivity index (χ1n) is 8.46. The average molecular weight is 413 g/mol. The van der Waals surface area contributed by atoms with Crippen molar-refractivity contribution in [3.8, 4) is 5.75 Å². The van der Waals surface area contributed by atoms with E-state index in [2.05, 4.69) is 15.4 Å². The summed E-state index contributed by atoms with van der Waals surface area (Å²) >= 11 is 0. The molecule has 0 saturated carbocycles. The maximum atomic E-state index is 13.1. The van der Waals surface area contributed by atoms with E-state index in [1.54, 1.807) is 14.0 Å². The summed E-state index contributed by atoms with van der Waals surface area (Å²) in [4.78, 5) is 25.8. The van der Waals surface area contributed by atoms with Gasteiger partial charge in [0.25, 0.3) is 0 Å². The van der Waals surface area contributed by atoms with Crippen LogP contribution in [0.1, 0.15) is 6.92 Å². The predicted octanol–water partition coefficient (Wildman–Crippen LogP) is 3.62. The van der Waals surface area contributed by atoms with Gasteiger partial charge in [-0.2, -0.15) is 0 Å². The lowest BCUT2D eigenvalue weighted by Crippen LogP contribution is -2.43. The van der Waals surface area contributed by atoms with Crippen molar-refractivity contribution < 1.29 is 31.9 Å². The Hall–Kier alpha value is -3.14. The molecule has 2 N–H and O–H groups in total. The highest BCUT2D eigenvalue weighted by molar-refractivity contribution is 5.96. The topological polar surface area (TPSA) is 70.7 Å². The zero-order valence-corrected chi connectivity index (χ0v) is 15.6. The molecule has 2 aromatic rings. The van der Waals surface area contributed by atoms with Crippen molar-refractivity contribution in [2.75, 3.05) is 24.2 Å². The van der Waals surface area contributed by atoms with Gasteiger partial charge in [-0.1, -0.05) is 6.07 Å². The first kappa shape index (κ1) is 22.2. The van der Waals surface area contributed by atoms with Crippen LogP contribution in [-0.2, 0) is 9.59 Å². The van der Waals surface area contributed by atoms with Crippen molar-refractivity contribution >= 4 is 23.2 Å². The van der Waals surface area contributed by atoms with Gasteiger partial charge in [-0.25, -0.2) is 4.39 Å². The molecule has 0 aliphatic carbocycles. The Morgan fingerprint density at radius 1 is 1.07 bits per heavy atom. The van der Waals surface area contributed by atoms with E-state index in [4.69, 9.17) is 0 Å². The number of benzene rings is 2. The molecule has 0 unspecified atom stereocenters. The molecule has 0 aliphatic rings. The van der Waals surface area contributed by atoms with E-state index >= 15 is 0 Å². The van der Waals surface area contributed by atoms with Gasteiger partial charge in [0.2, 0.25) is 11.8 Å². The molecule has 156 valence electrons. The minimum Gasteiger partial charge on any atom is -0.406 e. The van der Waals surface area contributed by atoms with Crippen LogP contribution in [0.2, 0.25) is 0 Å². The smallest absolute Gasteiger partial charge is 0.406 e. The van der Waals surface area contributed by atoms with Crippen LogP contribution in [0.5, 0.6) is 5.75 Å². The fourth-order valence-electron chi connectivity index (χ4n) is 2.32. The highest BCUT2D eigenvalue weighted by Gasteiger charge is 2.31. The third-order valence-corrected chi connectivity index (χ3v) is 3.90. The summed E-state index contributed by atoms with van der Waals surface area (Å²) in [5.74, 6) is -1.80. The number of hydrogen-bond acceptors (Lipinski definition) is 4. The van der Waals surface area contributed by atoms with Crippen LogP contribution >= 0.6 is 0 Å². The lowest BCUT2D eigenvalue weighted by molar-refractivity contribution is -0.274. The van der Waals surface area contributed by atoms with Crippen molar-refractivity contribution in [2.24, 2.45) is 0 Å². The van der Waals surface area contributed by atoms with Crippen LogP contribution in [0.3, 0.4) is 0 Å². The number of halogens is 4. The van der Waals surface area contributed by atoms with Crippen molar-refractivity contribution in [2.45, 2.75) is 19.3 Å². The van der Waals surface area contributed by atoms with E-state index in [-0.39, 0.29) is 12.2 Å². The van der Waals surface area contributed by atoms with Crippen LogP contribution in [0.25, 0.3) is 0 Å². The second-order valence-electron chi connectivity index (χ2n) is 6.21. The Balaban J connectivity index is 1.87. The molecule has 29 heavy (non-hydrogen) atoms. The molecule has 0 heterocycles. The summed E-state index contributed by atoms with van der Waals surface area (Å²) in [6, 6.07) is 9.35. The van der Waals surface area contributed by atoms with E-state index in [1.807, 2.05) is 0 Å². The van der Waals surface area contributed by atoms with Crippen LogP contribution in [-0.4, -0.2) is 42.7 Å². The van der Waals surface area contributed by atoms with Crippen LogP contribution in [0.4, 0.5) is 28.9 Å². The molecular formula is C19H19F4N3O3. The Morgan fingerprint density at radius 2 is 1.72 bits per heavy atom. The van der Waals surface area contributed by atoms with Crippen LogP contribution in [0, 0.1) is 5.82 Å². The van der Waals surface area contributed by atoms with Gasteiger partial charge in [0.15, 0.2) is 0 Å². The van der Waals surface area contributed by atoms with E-state index in [0.717, 1.165) is 12.1 Å². The van der Waals surface area contributed by atoms with Crippen molar-refractivity contribution in [3.63, 3.8) is 0 Å². The Morgan fingerprint density at radius 3 is 2.31 bits per heavy atom. The molecule has 0 spiro atoms. The molecule has 0 radical (unpaired) electrons. The van der Waals surface area contributed by atoms with Crippen LogP contribution in [0.15, 0.2) is 48.5 Å². The second-order valence-corrected chi connectivity index (χ2v) is 6.21. The lowest BCUT2D eigenvalue weighted by Gasteiger charge is -2.23. The molecule has 0 bridgehead atoms. The Kier molecular flexibility index (Phi) is 7.16. The van der Waals surface area contributed by atoms with E-state index in [0.29, 0.717) is 5.69 Å². The number of carbonyl (C=O) groups excluding carboxylic acids is 2. The molecule has 0 fully saturated rings. The van der Waals surface area contributed by atoms with Gasteiger partial charge in [-0.3, -0.25) is 14.5 Å². The predicted molar refractivity (Wildman–Crippen MR) is 98.9 cm³/mol. The zero-order valence-electron chi connectivity index (χ0n) is 15.6. The maximum Gasteiger partial charge on any atom is 0.573 e. The molecular weight excluding hydrogens is 394 g/mol. The van der Waals surface area contributed by atoms with Gasteiger partial charge >= 0.3 is 6.36 Å². The average Bonchev–Trinajstić information content (AvgIpc) is 2.61. The first-order valence-corrected chi connectivity index (χ1v) is 8.46. The summed E-state index contributed by atoms with van der Waals surface area (Å²) in [7, 11) is 1.55. The monoisotopic (exact) mass is 413 g/mol. The molecule has 6 nitrogen and oxygen atoms in total. The third kappa shape index (κ3) is 7.41. The van der Waals surface area contributed by atoms with Crippen molar-refractivity contribution in [1.29, 1.82) is 0 Å². The number of amides is 2. The number of anilines is 2. The molecule has 1 atom stereocenters. The van der Waals surface area contributed by atoms with Crippen molar-refractivity contribution in [3.05, 3.63) is 54.3 Å². The molecule has 0 aromatic heterocycles. The quantitative estimate of drug-likeness (QED) is 0.681. The van der Waals surface area contributed by atoms with Crippen LogP contribution < -0.4 is 15.4 Å². The van der Waals surface area contributed by atoms with Crippen molar-refractivity contribution in [1.82, 2.24) is 4.90 Å². The summed E-state index contributed by atoms with van der Waals surface area (Å²) in [6.07, 6.45) is -4.80. The van der Waals surface area contributed by atoms with Gasteiger partial charge in [0, 0.05) is 11.4 Å². The fourth-order valence-corrected chi connectivity index (χ4v) is 2.32. The molecule has 0 aliphatic heterocycles. The second kappa shape index (κ2) is 9.37. The lowest BCUT2D eigenvalue weighted by atomic mass is 10.2.